The summed E-state index contributed by atoms with van der Waals surface area (Å²) in [5, 5.41) is 0. The number of benzene rings is 5. The molecule has 0 saturated carbocycles. The number of hydrogen-bond donors (Lipinski definition) is 0. The van der Waals surface area contributed by atoms with Crippen molar-refractivity contribution >= 4 is 50.2 Å². The zero-order valence-electron chi connectivity index (χ0n) is 19.7. The molecule has 0 bridgehead atoms. The Bertz CT molecular complexity index is 2130. The van der Waals surface area contributed by atoms with Gasteiger partial charge in [-0.2, -0.15) is 0 Å². The Hall–Kier alpha value is -5.16. The van der Waals surface area contributed by atoms with Gasteiger partial charge in [-0.15, -0.1) is 0 Å². The van der Waals surface area contributed by atoms with E-state index >= 15 is 0 Å². The fourth-order valence-electron chi connectivity index (χ4n) is 5.93. The molecular formula is C32H19N5. The van der Waals surface area contributed by atoms with Gasteiger partial charge in [0.2, 0.25) is 11.6 Å². The molecule has 172 valence electrons. The first kappa shape index (κ1) is 19.1. The molecule has 0 aliphatic heterocycles. The van der Waals surface area contributed by atoms with Gasteiger partial charge in [0, 0.05) is 0 Å². The fourth-order valence-corrected chi connectivity index (χ4v) is 5.93. The molecule has 0 aliphatic carbocycles. The van der Waals surface area contributed by atoms with E-state index < -0.39 is 0 Å². The largest absolute Gasteiger partial charge is 0.276 e. The highest BCUT2D eigenvalue weighted by Gasteiger charge is 2.23. The summed E-state index contributed by atoms with van der Waals surface area (Å²) in [5.74, 6) is 1.78. The molecule has 0 radical (unpaired) electrons. The molecule has 0 spiro atoms. The second-order valence-electron chi connectivity index (χ2n) is 9.61. The first-order chi connectivity index (χ1) is 18.3. The number of fused-ring (bicyclic) bond motifs is 10. The third-order valence-electron chi connectivity index (χ3n) is 7.59. The van der Waals surface area contributed by atoms with Crippen LogP contribution in [0.4, 0.5) is 0 Å². The van der Waals surface area contributed by atoms with Gasteiger partial charge in [0.25, 0.3) is 0 Å². The highest BCUT2D eigenvalue weighted by molar-refractivity contribution is 6.04. The van der Waals surface area contributed by atoms with Gasteiger partial charge in [-0.1, -0.05) is 78.9 Å². The summed E-state index contributed by atoms with van der Waals surface area (Å²) < 4.78 is 6.75. The minimum atomic E-state index is 0.889. The van der Waals surface area contributed by atoms with E-state index in [0.717, 1.165) is 50.2 Å². The quantitative estimate of drug-likeness (QED) is 0.261. The molecule has 0 N–H and O–H groups in total. The van der Waals surface area contributed by atoms with E-state index in [1.165, 1.54) is 22.3 Å². The molecule has 0 saturated heterocycles. The Morgan fingerprint density at radius 2 is 0.865 bits per heavy atom. The molecule has 5 nitrogen and oxygen atoms in total. The van der Waals surface area contributed by atoms with E-state index in [4.69, 9.17) is 9.97 Å². The zero-order chi connectivity index (χ0) is 24.1. The molecule has 9 rings (SSSR count). The number of imidazole rings is 4. The monoisotopic (exact) mass is 473 g/mol. The zero-order valence-corrected chi connectivity index (χ0v) is 19.7. The summed E-state index contributed by atoms with van der Waals surface area (Å²) in [6, 6.07) is 40.5. The van der Waals surface area contributed by atoms with Crippen molar-refractivity contribution in [1.82, 2.24) is 23.2 Å². The first-order valence-electron chi connectivity index (χ1n) is 12.4. The summed E-state index contributed by atoms with van der Waals surface area (Å²) in [6.07, 6.45) is 0. The van der Waals surface area contributed by atoms with Gasteiger partial charge in [0.15, 0.2) is 0 Å². The maximum absolute atomic E-state index is 5.15. The Morgan fingerprint density at radius 1 is 0.378 bits per heavy atom. The van der Waals surface area contributed by atoms with Crippen LogP contribution in [0, 0.1) is 0 Å². The average Bonchev–Trinajstić information content (AvgIpc) is 3.68. The molecule has 4 heterocycles. The first-order valence-corrected chi connectivity index (χ1v) is 12.4. The van der Waals surface area contributed by atoms with E-state index in [1.807, 2.05) is 12.1 Å². The van der Waals surface area contributed by atoms with Crippen molar-refractivity contribution in [2.45, 2.75) is 0 Å². The molecule has 37 heavy (non-hydrogen) atoms. The fraction of sp³-hybridized carbons (Fsp3) is 0. The van der Waals surface area contributed by atoms with Gasteiger partial charge < -0.3 is 0 Å². The molecule has 0 fully saturated rings. The lowest BCUT2D eigenvalue weighted by molar-refractivity contribution is 1.15. The van der Waals surface area contributed by atoms with Crippen LogP contribution in [0.1, 0.15) is 0 Å². The third-order valence-corrected chi connectivity index (χ3v) is 7.59. The van der Waals surface area contributed by atoms with Crippen LogP contribution in [0.5, 0.6) is 0 Å². The van der Waals surface area contributed by atoms with Crippen molar-refractivity contribution in [3.63, 3.8) is 0 Å². The lowest BCUT2D eigenvalue weighted by Crippen LogP contribution is -1.87. The van der Waals surface area contributed by atoms with Crippen LogP contribution in [0.3, 0.4) is 0 Å². The van der Waals surface area contributed by atoms with Crippen LogP contribution in [-0.2, 0) is 0 Å². The summed E-state index contributed by atoms with van der Waals surface area (Å²) in [7, 11) is 0. The van der Waals surface area contributed by atoms with Crippen LogP contribution in [0.25, 0.3) is 72.4 Å². The van der Waals surface area contributed by atoms with Gasteiger partial charge in [-0.25, -0.2) is 14.4 Å². The van der Waals surface area contributed by atoms with E-state index in [0.29, 0.717) is 0 Å². The lowest BCUT2D eigenvalue weighted by Gasteiger charge is -2.02. The van der Waals surface area contributed by atoms with E-state index in [2.05, 4.69) is 116 Å². The van der Waals surface area contributed by atoms with Crippen molar-refractivity contribution < 1.29 is 0 Å². The lowest BCUT2D eigenvalue weighted by atomic mass is 10.1. The standard InChI is InChI=1S/C32H19N5/c1-3-8-20(9-4-1)22-14-16-26-24(18-22)33-31-35(26)28-12-7-13-29-30(28)37(31)32-34-25-19-23(15-17-27(25)36(29)32)21-10-5-2-6-11-21/h1-19H. The minimum absolute atomic E-state index is 0.889. The van der Waals surface area contributed by atoms with Gasteiger partial charge in [-0.3, -0.25) is 8.80 Å². The van der Waals surface area contributed by atoms with Crippen LogP contribution >= 0.6 is 0 Å². The topological polar surface area (TPSA) is 39.0 Å². The van der Waals surface area contributed by atoms with E-state index in [1.54, 1.807) is 0 Å². The highest BCUT2D eigenvalue weighted by Crippen LogP contribution is 2.36. The highest BCUT2D eigenvalue weighted by atomic mass is 15.3. The van der Waals surface area contributed by atoms with Crippen molar-refractivity contribution in [3.05, 3.63) is 115 Å². The van der Waals surface area contributed by atoms with Crippen molar-refractivity contribution in [3.8, 4) is 22.3 Å². The molecule has 5 heteroatoms. The van der Waals surface area contributed by atoms with Crippen LogP contribution < -0.4 is 0 Å². The summed E-state index contributed by atoms with van der Waals surface area (Å²) >= 11 is 0. The molecule has 0 unspecified atom stereocenters. The van der Waals surface area contributed by atoms with Crippen molar-refractivity contribution in [2.24, 2.45) is 0 Å². The van der Waals surface area contributed by atoms with E-state index in [-0.39, 0.29) is 0 Å². The van der Waals surface area contributed by atoms with Crippen LogP contribution in [0.2, 0.25) is 0 Å². The minimum Gasteiger partial charge on any atom is -0.276 e. The third kappa shape index (κ3) is 2.43. The van der Waals surface area contributed by atoms with E-state index in [9.17, 15) is 0 Å². The molecule has 5 aromatic carbocycles. The second kappa shape index (κ2) is 6.74. The van der Waals surface area contributed by atoms with Crippen LogP contribution in [-0.4, -0.2) is 23.2 Å². The van der Waals surface area contributed by atoms with Gasteiger partial charge >= 0.3 is 0 Å². The number of nitrogens with zero attached hydrogens (tertiary/aromatic N) is 5. The number of rotatable bonds is 2. The molecule has 0 aliphatic rings. The predicted molar refractivity (Wildman–Crippen MR) is 149 cm³/mol. The number of para-hydroxylation sites is 1. The SMILES string of the molecule is c1ccc(-c2ccc3c(c2)nc2n3c3cccc4c3n2c2nc3cc(-c5ccccc5)ccc3n42)cc1. The van der Waals surface area contributed by atoms with Gasteiger partial charge in [-0.05, 0) is 58.7 Å². The molecule has 0 atom stereocenters. The Labute approximate surface area is 210 Å². The van der Waals surface area contributed by atoms with Crippen molar-refractivity contribution in [1.29, 1.82) is 0 Å². The van der Waals surface area contributed by atoms with Crippen molar-refractivity contribution in [2.75, 3.05) is 0 Å². The predicted octanol–water partition coefficient (Wildman–Crippen LogP) is 7.47. The Balaban J connectivity index is 1.37. The van der Waals surface area contributed by atoms with Gasteiger partial charge in [0.05, 0.1) is 33.1 Å². The summed E-state index contributed by atoms with van der Waals surface area (Å²) in [4.78, 5) is 10.3. The molecule has 9 aromatic rings. The Kier molecular flexibility index (Phi) is 3.47. The average molecular weight is 474 g/mol. The summed E-state index contributed by atoms with van der Waals surface area (Å²) in [5.41, 5.74) is 12.3. The number of hydrogen-bond acceptors (Lipinski definition) is 2. The van der Waals surface area contributed by atoms with Crippen LogP contribution in [0.15, 0.2) is 115 Å². The van der Waals surface area contributed by atoms with Gasteiger partial charge in [0.1, 0.15) is 5.52 Å². The normalized spacial score (nSPS) is 12.3. The Morgan fingerprint density at radius 3 is 1.35 bits per heavy atom. The number of aromatic nitrogens is 5. The second-order valence-corrected chi connectivity index (χ2v) is 9.61. The molecule has 4 aromatic heterocycles. The molecular weight excluding hydrogens is 454 g/mol. The molecule has 0 amide bonds. The summed E-state index contributed by atoms with van der Waals surface area (Å²) in [6.45, 7) is 0. The smallest absolute Gasteiger partial charge is 0.223 e. The maximum atomic E-state index is 5.15. The maximum Gasteiger partial charge on any atom is 0.223 e.